The fourth-order valence-electron chi connectivity index (χ4n) is 2.56. The zero-order valence-corrected chi connectivity index (χ0v) is 14.6. The summed E-state index contributed by atoms with van der Waals surface area (Å²) < 4.78 is 0. The molecule has 0 atom stereocenters. The quantitative estimate of drug-likeness (QED) is 0.365. The van der Waals surface area contributed by atoms with Gasteiger partial charge in [-0.25, -0.2) is 0 Å². The Morgan fingerprint density at radius 1 is 0.778 bits per heavy atom. The van der Waals surface area contributed by atoms with Gasteiger partial charge in [0.25, 0.3) is 5.91 Å². The van der Waals surface area contributed by atoms with Crippen LogP contribution in [0.3, 0.4) is 0 Å². The second-order valence-corrected chi connectivity index (χ2v) is 6.03. The van der Waals surface area contributed by atoms with Crippen LogP contribution in [0.2, 0.25) is 0 Å². The molecule has 0 aliphatic carbocycles. The van der Waals surface area contributed by atoms with Gasteiger partial charge in [-0.15, -0.1) is 0 Å². The molecule has 1 amide bonds. The lowest BCUT2D eigenvalue weighted by molar-refractivity contribution is 0.102. The number of nitrogens with one attached hydrogen (secondary N) is 1. The standard InChI is InChI=1S/C22H19N3O2/c23-18-12-17(13-19(24)14-18)22(27)25-20-9-6-15(7-10-20)8-11-21(26)16-4-2-1-3-5-16/h1-14H,23-24H2,(H,25,27)/b11-8+. The third kappa shape index (κ3) is 4.83. The van der Waals surface area contributed by atoms with Crippen LogP contribution < -0.4 is 16.8 Å². The molecule has 27 heavy (non-hydrogen) atoms. The van der Waals surface area contributed by atoms with Crippen LogP contribution in [0.1, 0.15) is 26.3 Å². The lowest BCUT2D eigenvalue weighted by Gasteiger charge is -2.07. The number of hydrogen-bond donors (Lipinski definition) is 3. The molecule has 0 radical (unpaired) electrons. The molecule has 0 aliphatic rings. The smallest absolute Gasteiger partial charge is 0.255 e. The van der Waals surface area contributed by atoms with E-state index >= 15 is 0 Å². The van der Waals surface area contributed by atoms with Gasteiger partial charge < -0.3 is 16.8 Å². The molecule has 3 rings (SSSR count). The fraction of sp³-hybridized carbons (Fsp3) is 0. The van der Waals surface area contributed by atoms with Gasteiger partial charge in [0.15, 0.2) is 5.78 Å². The van der Waals surface area contributed by atoms with Crippen LogP contribution in [-0.2, 0) is 0 Å². The average Bonchev–Trinajstić information content (AvgIpc) is 2.67. The molecule has 3 aromatic carbocycles. The van der Waals surface area contributed by atoms with Crippen LogP contribution in [-0.4, -0.2) is 11.7 Å². The van der Waals surface area contributed by atoms with Crippen molar-refractivity contribution in [3.05, 3.63) is 95.6 Å². The molecule has 0 heterocycles. The number of nitrogens with two attached hydrogens (primary N) is 2. The Labute approximate surface area is 157 Å². The molecule has 5 N–H and O–H groups in total. The minimum Gasteiger partial charge on any atom is -0.399 e. The summed E-state index contributed by atoms with van der Waals surface area (Å²) >= 11 is 0. The molecule has 0 aromatic heterocycles. The number of carbonyl (C=O) groups excluding carboxylic acids is 2. The van der Waals surface area contributed by atoms with E-state index in [2.05, 4.69) is 5.32 Å². The van der Waals surface area contributed by atoms with Gasteiger partial charge in [0.1, 0.15) is 0 Å². The number of rotatable bonds is 5. The molecule has 5 nitrogen and oxygen atoms in total. The highest BCUT2D eigenvalue weighted by Gasteiger charge is 2.08. The number of benzene rings is 3. The van der Waals surface area contributed by atoms with Crippen LogP contribution >= 0.6 is 0 Å². The summed E-state index contributed by atoms with van der Waals surface area (Å²) in [6.07, 6.45) is 3.26. The summed E-state index contributed by atoms with van der Waals surface area (Å²) in [5.41, 5.74) is 14.8. The van der Waals surface area contributed by atoms with E-state index in [-0.39, 0.29) is 11.7 Å². The SMILES string of the molecule is Nc1cc(N)cc(C(=O)Nc2ccc(/C=C/C(=O)c3ccccc3)cc2)c1. The minimum absolute atomic E-state index is 0.0627. The third-order valence-electron chi connectivity index (χ3n) is 3.89. The van der Waals surface area contributed by atoms with Crippen molar-refractivity contribution in [2.24, 2.45) is 0 Å². The van der Waals surface area contributed by atoms with Crippen LogP contribution in [0.15, 0.2) is 78.9 Å². The molecule has 5 heteroatoms. The second-order valence-electron chi connectivity index (χ2n) is 6.03. The Balaban J connectivity index is 1.65. The molecule has 0 saturated carbocycles. The van der Waals surface area contributed by atoms with Crippen molar-refractivity contribution < 1.29 is 9.59 Å². The Morgan fingerprint density at radius 2 is 1.41 bits per heavy atom. The van der Waals surface area contributed by atoms with E-state index in [0.717, 1.165) is 5.56 Å². The Bertz CT molecular complexity index is 974. The van der Waals surface area contributed by atoms with Crippen molar-refractivity contribution in [2.75, 3.05) is 16.8 Å². The van der Waals surface area contributed by atoms with Gasteiger partial charge in [-0.3, -0.25) is 9.59 Å². The summed E-state index contributed by atoms with van der Waals surface area (Å²) in [6, 6.07) is 21.0. The fourth-order valence-corrected chi connectivity index (χ4v) is 2.56. The number of carbonyl (C=O) groups is 2. The maximum absolute atomic E-state index is 12.3. The van der Waals surface area contributed by atoms with Gasteiger partial charge in [-0.2, -0.15) is 0 Å². The summed E-state index contributed by atoms with van der Waals surface area (Å²) in [4.78, 5) is 24.4. The lowest BCUT2D eigenvalue weighted by atomic mass is 10.1. The first-order valence-corrected chi connectivity index (χ1v) is 8.36. The lowest BCUT2D eigenvalue weighted by Crippen LogP contribution is -2.12. The minimum atomic E-state index is -0.295. The van der Waals surface area contributed by atoms with Crippen LogP contribution in [0.25, 0.3) is 6.08 Å². The number of hydrogen-bond acceptors (Lipinski definition) is 4. The molecule has 134 valence electrons. The first kappa shape index (κ1) is 17.9. The number of amides is 1. The van der Waals surface area contributed by atoms with E-state index < -0.39 is 0 Å². The average molecular weight is 357 g/mol. The maximum atomic E-state index is 12.3. The van der Waals surface area contributed by atoms with Gasteiger partial charge in [-0.1, -0.05) is 48.5 Å². The van der Waals surface area contributed by atoms with Crippen LogP contribution in [0.5, 0.6) is 0 Å². The topological polar surface area (TPSA) is 98.2 Å². The Kier molecular flexibility index (Phi) is 5.33. The number of allylic oxidation sites excluding steroid dienone is 1. The molecule has 0 fully saturated rings. The molecule has 0 bridgehead atoms. The zero-order chi connectivity index (χ0) is 19.2. The van der Waals surface area contributed by atoms with Crippen molar-refractivity contribution in [3.63, 3.8) is 0 Å². The van der Waals surface area contributed by atoms with Gasteiger partial charge >= 0.3 is 0 Å². The summed E-state index contributed by atoms with van der Waals surface area (Å²) in [5, 5.41) is 2.79. The highest BCUT2D eigenvalue weighted by molar-refractivity contribution is 6.07. The monoisotopic (exact) mass is 357 g/mol. The van der Waals surface area contributed by atoms with Crippen molar-refractivity contribution >= 4 is 34.8 Å². The predicted molar refractivity (Wildman–Crippen MR) is 109 cm³/mol. The largest absolute Gasteiger partial charge is 0.399 e. The zero-order valence-electron chi connectivity index (χ0n) is 14.6. The third-order valence-corrected chi connectivity index (χ3v) is 3.89. The maximum Gasteiger partial charge on any atom is 0.255 e. The Hall–Kier alpha value is -3.86. The molecular formula is C22H19N3O2. The summed E-state index contributed by atoms with van der Waals surface area (Å²) in [6.45, 7) is 0. The van der Waals surface area contributed by atoms with E-state index in [1.165, 1.54) is 6.08 Å². The van der Waals surface area contributed by atoms with E-state index in [9.17, 15) is 9.59 Å². The number of ketones is 1. The normalized spacial score (nSPS) is 10.7. The molecule has 0 spiro atoms. The van der Waals surface area contributed by atoms with E-state index in [1.807, 2.05) is 30.3 Å². The van der Waals surface area contributed by atoms with E-state index in [4.69, 9.17) is 11.5 Å². The van der Waals surface area contributed by atoms with Gasteiger partial charge in [-0.05, 0) is 42.0 Å². The molecule has 3 aromatic rings. The predicted octanol–water partition coefficient (Wildman–Crippen LogP) is 4.00. The van der Waals surface area contributed by atoms with Crippen molar-refractivity contribution in [2.45, 2.75) is 0 Å². The number of anilines is 3. The molecular weight excluding hydrogens is 338 g/mol. The first-order chi connectivity index (χ1) is 13.0. The summed E-state index contributed by atoms with van der Waals surface area (Å²) in [7, 11) is 0. The molecule has 0 aliphatic heterocycles. The highest BCUT2D eigenvalue weighted by atomic mass is 16.1. The highest BCUT2D eigenvalue weighted by Crippen LogP contribution is 2.17. The van der Waals surface area contributed by atoms with Crippen molar-refractivity contribution in [3.8, 4) is 0 Å². The van der Waals surface area contributed by atoms with Crippen molar-refractivity contribution in [1.29, 1.82) is 0 Å². The second kappa shape index (κ2) is 8.01. The van der Waals surface area contributed by atoms with Crippen molar-refractivity contribution in [1.82, 2.24) is 0 Å². The van der Waals surface area contributed by atoms with Gasteiger partial charge in [0, 0.05) is 28.2 Å². The van der Waals surface area contributed by atoms with Crippen LogP contribution in [0.4, 0.5) is 17.1 Å². The van der Waals surface area contributed by atoms with E-state index in [1.54, 1.807) is 48.5 Å². The van der Waals surface area contributed by atoms with Gasteiger partial charge in [0.2, 0.25) is 0 Å². The first-order valence-electron chi connectivity index (χ1n) is 8.36. The van der Waals surface area contributed by atoms with Gasteiger partial charge in [0.05, 0.1) is 0 Å². The van der Waals surface area contributed by atoms with Crippen LogP contribution in [0, 0.1) is 0 Å². The molecule has 0 unspecified atom stereocenters. The Morgan fingerprint density at radius 3 is 2.04 bits per heavy atom. The van der Waals surface area contributed by atoms with E-state index in [0.29, 0.717) is 28.2 Å². The molecule has 0 saturated heterocycles. The number of nitrogen functional groups attached to an aromatic ring is 2. The summed E-state index contributed by atoms with van der Waals surface area (Å²) in [5.74, 6) is -0.358.